The topological polar surface area (TPSA) is 55.8 Å². The second-order valence-corrected chi connectivity index (χ2v) is 5.40. The minimum atomic E-state index is -0.874. The van der Waals surface area contributed by atoms with E-state index in [0.717, 1.165) is 0 Å². The molecule has 0 saturated carbocycles. The second kappa shape index (κ2) is 6.30. The van der Waals surface area contributed by atoms with Gasteiger partial charge in [0.1, 0.15) is 5.75 Å². The molecule has 1 unspecified atom stereocenters. The molecule has 118 valence electrons. The van der Waals surface area contributed by atoms with Crippen LogP contribution in [0.1, 0.15) is 10.4 Å². The van der Waals surface area contributed by atoms with Crippen LogP contribution < -0.4 is 9.64 Å². The number of carbonyl (C=O) groups excluding carboxylic acids is 2. The van der Waals surface area contributed by atoms with E-state index in [1.54, 1.807) is 48.5 Å². The lowest BCUT2D eigenvalue weighted by Gasteiger charge is -2.33. The van der Waals surface area contributed by atoms with Crippen molar-refractivity contribution in [1.29, 1.82) is 0 Å². The SMILES string of the molecule is COC(=O)C1CN(C(=O)c2ccccc2Cl)c2ccccc2O1. The third-order valence-corrected chi connectivity index (χ3v) is 3.92. The highest BCUT2D eigenvalue weighted by molar-refractivity contribution is 6.34. The Hall–Kier alpha value is -2.53. The van der Waals surface area contributed by atoms with E-state index in [4.69, 9.17) is 21.1 Å². The number of methoxy groups -OCH3 is 1. The Morgan fingerprint density at radius 2 is 1.87 bits per heavy atom. The molecule has 0 fully saturated rings. The summed E-state index contributed by atoms with van der Waals surface area (Å²) in [5.41, 5.74) is 0.965. The first-order valence-corrected chi connectivity index (χ1v) is 7.39. The quantitative estimate of drug-likeness (QED) is 0.794. The van der Waals surface area contributed by atoms with Crippen LogP contribution in [0.15, 0.2) is 48.5 Å². The Morgan fingerprint density at radius 3 is 2.61 bits per heavy atom. The number of nitrogens with zero attached hydrogens (tertiary/aromatic N) is 1. The van der Waals surface area contributed by atoms with Crippen molar-refractivity contribution in [1.82, 2.24) is 0 Å². The van der Waals surface area contributed by atoms with Crippen LogP contribution in [0, 0.1) is 0 Å². The van der Waals surface area contributed by atoms with Crippen LogP contribution >= 0.6 is 11.6 Å². The highest BCUT2D eigenvalue weighted by Crippen LogP contribution is 2.35. The molecule has 1 heterocycles. The van der Waals surface area contributed by atoms with Gasteiger partial charge in [0, 0.05) is 0 Å². The van der Waals surface area contributed by atoms with E-state index in [9.17, 15) is 9.59 Å². The normalized spacial score (nSPS) is 16.3. The van der Waals surface area contributed by atoms with Crippen LogP contribution in [0.2, 0.25) is 5.02 Å². The Balaban J connectivity index is 2.01. The van der Waals surface area contributed by atoms with Gasteiger partial charge in [-0.15, -0.1) is 0 Å². The number of amides is 1. The number of fused-ring (bicyclic) bond motifs is 1. The van der Waals surface area contributed by atoms with Gasteiger partial charge >= 0.3 is 5.97 Å². The largest absolute Gasteiger partial charge is 0.475 e. The molecule has 2 aromatic rings. The summed E-state index contributed by atoms with van der Waals surface area (Å²) in [7, 11) is 1.28. The molecule has 6 heteroatoms. The highest BCUT2D eigenvalue weighted by atomic mass is 35.5. The van der Waals surface area contributed by atoms with Crippen molar-refractivity contribution in [3.63, 3.8) is 0 Å². The van der Waals surface area contributed by atoms with Gasteiger partial charge in [-0.25, -0.2) is 4.79 Å². The molecule has 0 aliphatic carbocycles. The standard InChI is InChI=1S/C17H14ClNO4/c1-22-17(21)15-10-19(13-8-4-5-9-14(13)23-15)16(20)11-6-2-3-7-12(11)18/h2-9,15H,10H2,1H3. The number of halogens is 1. The molecule has 0 bridgehead atoms. The molecule has 3 rings (SSSR count). The van der Waals surface area contributed by atoms with Gasteiger partial charge in [-0.05, 0) is 24.3 Å². The number of hydrogen-bond donors (Lipinski definition) is 0. The summed E-state index contributed by atoms with van der Waals surface area (Å²) in [5.74, 6) is -0.369. The van der Waals surface area contributed by atoms with Crippen molar-refractivity contribution >= 4 is 29.2 Å². The van der Waals surface area contributed by atoms with Gasteiger partial charge in [0.25, 0.3) is 5.91 Å². The lowest BCUT2D eigenvalue weighted by molar-refractivity contribution is -0.148. The number of anilines is 1. The van der Waals surface area contributed by atoms with E-state index in [0.29, 0.717) is 22.0 Å². The average molecular weight is 332 g/mol. The van der Waals surface area contributed by atoms with Crippen LogP contribution in [0.4, 0.5) is 5.69 Å². The Bertz CT molecular complexity index is 762. The van der Waals surface area contributed by atoms with Gasteiger partial charge in [0.2, 0.25) is 6.10 Å². The van der Waals surface area contributed by atoms with Gasteiger partial charge in [-0.1, -0.05) is 35.9 Å². The Labute approximate surface area is 138 Å². The molecule has 23 heavy (non-hydrogen) atoms. The predicted octanol–water partition coefficient (Wildman–Crippen LogP) is 2.92. The molecule has 1 atom stereocenters. The van der Waals surface area contributed by atoms with Crippen LogP contribution in [0.25, 0.3) is 0 Å². The Kier molecular flexibility index (Phi) is 4.21. The summed E-state index contributed by atoms with van der Waals surface area (Å²) in [5, 5.41) is 0.357. The molecule has 1 aliphatic rings. The summed E-state index contributed by atoms with van der Waals surface area (Å²) in [6.45, 7) is 0.0632. The Morgan fingerprint density at radius 1 is 1.17 bits per heavy atom. The van der Waals surface area contributed by atoms with E-state index >= 15 is 0 Å². The fraction of sp³-hybridized carbons (Fsp3) is 0.176. The maximum atomic E-state index is 12.9. The van der Waals surface area contributed by atoms with Crippen molar-refractivity contribution in [3.05, 3.63) is 59.1 Å². The van der Waals surface area contributed by atoms with Crippen LogP contribution in [0.5, 0.6) is 5.75 Å². The van der Waals surface area contributed by atoms with Crippen molar-refractivity contribution in [2.75, 3.05) is 18.6 Å². The molecule has 5 nitrogen and oxygen atoms in total. The molecule has 1 amide bonds. The molecule has 0 spiro atoms. The van der Waals surface area contributed by atoms with E-state index in [1.807, 2.05) is 0 Å². The second-order valence-electron chi connectivity index (χ2n) is 4.99. The maximum absolute atomic E-state index is 12.9. The summed E-state index contributed by atoms with van der Waals surface area (Å²) in [4.78, 5) is 26.2. The maximum Gasteiger partial charge on any atom is 0.348 e. The third-order valence-electron chi connectivity index (χ3n) is 3.59. The van der Waals surface area contributed by atoms with Gasteiger partial charge < -0.3 is 14.4 Å². The van der Waals surface area contributed by atoms with Crippen molar-refractivity contribution < 1.29 is 19.1 Å². The summed E-state index contributed by atoms with van der Waals surface area (Å²) < 4.78 is 10.4. The molecule has 1 aliphatic heterocycles. The predicted molar refractivity (Wildman–Crippen MR) is 86.0 cm³/mol. The lowest BCUT2D eigenvalue weighted by Crippen LogP contribution is -2.47. The highest BCUT2D eigenvalue weighted by Gasteiger charge is 2.35. The lowest BCUT2D eigenvalue weighted by atomic mass is 10.1. The fourth-order valence-electron chi connectivity index (χ4n) is 2.46. The third kappa shape index (κ3) is 2.87. The van der Waals surface area contributed by atoms with E-state index in [-0.39, 0.29) is 12.5 Å². The minimum absolute atomic E-state index is 0.0632. The molecule has 0 radical (unpaired) electrons. The fourth-order valence-corrected chi connectivity index (χ4v) is 2.68. The molecular formula is C17H14ClNO4. The molecule has 0 N–H and O–H groups in total. The molecular weight excluding hydrogens is 318 g/mol. The number of rotatable bonds is 2. The average Bonchev–Trinajstić information content (AvgIpc) is 2.60. The number of benzene rings is 2. The smallest absolute Gasteiger partial charge is 0.348 e. The summed E-state index contributed by atoms with van der Waals surface area (Å²) in [6.07, 6.45) is -0.874. The number of carbonyl (C=O) groups is 2. The van der Waals surface area contributed by atoms with Crippen LogP contribution in [-0.4, -0.2) is 31.6 Å². The minimum Gasteiger partial charge on any atom is -0.475 e. The first-order valence-electron chi connectivity index (χ1n) is 7.01. The van der Waals surface area contributed by atoms with Crippen molar-refractivity contribution in [3.8, 4) is 5.75 Å². The van der Waals surface area contributed by atoms with Gasteiger partial charge in [0.05, 0.1) is 29.9 Å². The number of para-hydroxylation sites is 2. The van der Waals surface area contributed by atoms with Crippen molar-refractivity contribution in [2.24, 2.45) is 0 Å². The number of esters is 1. The van der Waals surface area contributed by atoms with Gasteiger partial charge in [0.15, 0.2) is 0 Å². The summed E-state index contributed by atoms with van der Waals surface area (Å²) in [6, 6.07) is 13.8. The molecule has 2 aromatic carbocycles. The first kappa shape index (κ1) is 15.4. The number of ether oxygens (including phenoxy) is 2. The van der Waals surface area contributed by atoms with Crippen molar-refractivity contribution in [2.45, 2.75) is 6.10 Å². The first-order chi connectivity index (χ1) is 11.1. The zero-order chi connectivity index (χ0) is 16.4. The van der Waals surface area contributed by atoms with E-state index in [1.165, 1.54) is 12.0 Å². The number of hydrogen-bond acceptors (Lipinski definition) is 4. The monoisotopic (exact) mass is 331 g/mol. The molecule has 0 saturated heterocycles. The summed E-state index contributed by atoms with van der Waals surface area (Å²) >= 11 is 6.12. The zero-order valence-corrected chi connectivity index (χ0v) is 13.1. The van der Waals surface area contributed by atoms with Gasteiger partial charge in [-0.2, -0.15) is 0 Å². The van der Waals surface area contributed by atoms with E-state index in [2.05, 4.69) is 0 Å². The van der Waals surface area contributed by atoms with Gasteiger partial charge in [-0.3, -0.25) is 4.79 Å². The molecule has 0 aromatic heterocycles. The van der Waals surface area contributed by atoms with E-state index < -0.39 is 12.1 Å². The van der Waals surface area contributed by atoms with Crippen LogP contribution in [0.3, 0.4) is 0 Å². The zero-order valence-electron chi connectivity index (χ0n) is 12.4. The van der Waals surface area contributed by atoms with Crippen LogP contribution in [-0.2, 0) is 9.53 Å².